The molecule has 1 aromatic rings. The molecule has 1 saturated carbocycles. The monoisotopic (exact) mass is 385 g/mol. The van der Waals surface area contributed by atoms with Gasteiger partial charge in [0.15, 0.2) is 0 Å². The van der Waals surface area contributed by atoms with Gasteiger partial charge in [-0.1, -0.05) is 30.5 Å². The number of anilines is 1. The molecule has 1 heterocycles. The number of nitrogens with zero attached hydrogens (tertiary/aromatic N) is 1. The molecule has 2 fully saturated rings. The maximum Gasteiger partial charge on any atom is 0.249 e. The molecule has 3 N–H and O–H groups in total. The van der Waals surface area contributed by atoms with Gasteiger partial charge in [0.05, 0.1) is 5.92 Å². The lowest BCUT2D eigenvalue weighted by Crippen LogP contribution is -2.55. The minimum absolute atomic E-state index is 0. The molecule has 7 heteroatoms. The second-order valence-corrected chi connectivity index (χ2v) is 7.56. The maximum absolute atomic E-state index is 12.6. The van der Waals surface area contributed by atoms with Gasteiger partial charge in [0.25, 0.3) is 0 Å². The highest BCUT2D eigenvalue weighted by Crippen LogP contribution is 2.32. The number of nitrogens with one attached hydrogen (secondary N) is 1. The molecule has 1 aliphatic carbocycles. The number of amides is 2. The fourth-order valence-electron chi connectivity index (χ4n) is 3.78. The quantitative estimate of drug-likeness (QED) is 0.839. The van der Waals surface area contributed by atoms with Crippen molar-refractivity contribution in [1.29, 1.82) is 0 Å². The molecule has 3 atom stereocenters. The zero-order valence-corrected chi connectivity index (χ0v) is 15.9. The van der Waals surface area contributed by atoms with E-state index in [0.717, 1.165) is 31.4 Å². The molecule has 2 amide bonds. The third-order valence-electron chi connectivity index (χ3n) is 5.21. The summed E-state index contributed by atoms with van der Waals surface area (Å²) < 4.78 is 0. The second kappa shape index (κ2) is 7.94. The summed E-state index contributed by atoms with van der Waals surface area (Å²) in [5.74, 6) is -0.398. The number of rotatable bonds is 3. The maximum atomic E-state index is 12.6. The fourth-order valence-corrected chi connectivity index (χ4v) is 3.96. The van der Waals surface area contributed by atoms with Crippen molar-refractivity contribution in [2.45, 2.75) is 50.6 Å². The molecular weight excluding hydrogens is 361 g/mol. The molecule has 25 heavy (non-hydrogen) atoms. The summed E-state index contributed by atoms with van der Waals surface area (Å²) in [5, 5.41) is 3.52. The van der Waals surface area contributed by atoms with Gasteiger partial charge >= 0.3 is 0 Å². The Morgan fingerprint density at radius 1 is 1.36 bits per heavy atom. The molecular formula is C18H25Cl2N3O2. The average Bonchev–Trinajstić information content (AvgIpc) is 2.88. The summed E-state index contributed by atoms with van der Waals surface area (Å²) in [6.07, 6.45) is 4.31. The number of benzene rings is 1. The highest BCUT2D eigenvalue weighted by atomic mass is 35.5. The third kappa shape index (κ3) is 4.27. The Morgan fingerprint density at radius 3 is 2.80 bits per heavy atom. The molecule has 0 spiro atoms. The second-order valence-electron chi connectivity index (χ2n) is 7.12. The molecule has 0 bridgehead atoms. The minimum atomic E-state index is -0.489. The van der Waals surface area contributed by atoms with Crippen LogP contribution >= 0.6 is 24.0 Å². The van der Waals surface area contributed by atoms with Gasteiger partial charge in [0, 0.05) is 22.8 Å². The summed E-state index contributed by atoms with van der Waals surface area (Å²) in [5.41, 5.74) is 6.58. The summed E-state index contributed by atoms with van der Waals surface area (Å²) in [7, 11) is 0. The van der Waals surface area contributed by atoms with Gasteiger partial charge in [-0.2, -0.15) is 0 Å². The fraction of sp³-hybridized carbons (Fsp3) is 0.556. The van der Waals surface area contributed by atoms with E-state index >= 15 is 0 Å². The van der Waals surface area contributed by atoms with Gasteiger partial charge in [0.2, 0.25) is 11.8 Å². The van der Waals surface area contributed by atoms with E-state index in [-0.39, 0.29) is 30.1 Å². The summed E-state index contributed by atoms with van der Waals surface area (Å²) in [6.45, 7) is 2.51. The smallest absolute Gasteiger partial charge is 0.249 e. The molecule has 1 saturated heterocycles. The summed E-state index contributed by atoms with van der Waals surface area (Å²) in [4.78, 5) is 26.9. The molecule has 1 aliphatic heterocycles. The van der Waals surface area contributed by atoms with Crippen molar-refractivity contribution in [2.75, 3.05) is 11.4 Å². The van der Waals surface area contributed by atoms with Gasteiger partial charge in [-0.25, -0.2) is 0 Å². The van der Waals surface area contributed by atoms with Crippen LogP contribution in [0.15, 0.2) is 24.3 Å². The van der Waals surface area contributed by atoms with Gasteiger partial charge in [0.1, 0.15) is 6.04 Å². The van der Waals surface area contributed by atoms with E-state index in [0.29, 0.717) is 18.0 Å². The molecule has 3 unspecified atom stereocenters. The van der Waals surface area contributed by atoms with Crippen molar-refractivity contribution in [3.05, 3.63) is 29.3 Å². The number of carbonyl (C=O) groups is 2. The van der Waals surface area contributed by atoms with Crippen molar-refractivity contribution in [1.82, 2.24) is 5.32 Å². The van der Waals surface area contributed by atoms with Gasteiger partial charge in [-0.05, 0) is 44.4 Å². The van der Waals surface area contributed by atoms with E-state index in [1.807, 2.05) is 19.1 Å². The molecule has 3 rings (SSSR count). The number of hydrogen-bond acceptors (Lipinski definition) is 3. The molecule has 138 valence electrons. The lowest BCUT2D eigenvalue weighted by molar-refractivity contribution is -0.131. The largest absolute Gasteiger partial charge is 0.344 e. The molecule has 5 nitrogen and oxygen atoms in total. The molecule has 1 aromatic carbocycles. The van der Waals surface area contributed by atoms with Crippen LogP contribution in [0.2, 0.25) is 5.02 Å². The van der Waals surface area contributed by atoms with Crippen molar-refractivity contribution < 1.29 is 9.59 Å². The molecule has 2 aliphatic rings. The first kappa shape index (κ1) is 20.0. The summed E-state index contributed by atoms with van der Waals surface area (Å²) >= 11 is 6.00. The topological polar surface area (TPSA) is 75.4 Å². The third-order valence-corrected chi connectivity index (χ3v) is 5.45. The average molecular weight is 386 g/mol. The van der Waals surface area contributed by atoms with Crippen molar-refractivity contribution in [3.8, 4) is 0 Å². The van der Waals surface area contributed by atoms with Gasteiger partial charge in [-0.3, -0.25) is 9.59 Å². The van der Waals surface area contributed by atoms with Crippen LogP contribution in [0.1, 0.15) is 39.0 Å². The Morgan fingerprint density at radius 2 is 2.12 bits per heavy atom. The van der Waals surface area contributed by atoms with Crippen LogP contribution in [0.5, 0.6) is 0 Å². The standard InChI is InChI=1S/C18H24ClN3O2.ClH/c1-18(20)9-3-2-7-14(18)16(23)21-15-8-10-22(17(15)24)13-6-4-5-12(19)11-13;/h4-6,11,14-15H,2-3,7-10,20H2,1H3,(H,21,23);1H. The Balaban J connectivity index is 0.00000225. The Bertz CT molecular complexity index is 651. The van der Waals surface area contributed by atoms with Crippen LogP contribution in [-0.2, 0) is 9.59 Å². The van der Waals surface area contributed by atoms with Crippen LogP contribution in [0.4, 0.5) is 5.69 Å². The first-order chi connectivity index (χ1) is 11.4. The van der Waals surface area contributed by atoms with E-state index in [4.69, 9.17) is 17.3 Å². The van der Waals surface area contributed by atoms with E-state index in [2.05, 4.69) is 5.32 Å². The molecule has 0 aromatic heterocycles. The number of hydrogen-bond donors (Lipinski definition) is 2. The van der Waals surface area contributed by atoms with Crippen LogP contribution in [0, 0.1) is 5.92 Å². The van der Waals surface area contributed by atoms with Crippen molar-refractivity contribution in [3.63, 3.8) is 0 Å². The number of halogens is 2. The van der Waals surface area contributed by atoms with Crippen LogP contribution in [0.3, 0.4) is 0 Å². The van der Waals surface area contributed by atoms with E-state index in [1.54, 1.807) is 17.0 Å². The predicted octanol–water partition coefficient (Wildman–Crippen LogP) is 2.89. The predicted molar refractivity (Wildman–Crippen MR) is 102 cm³/mol. The number of carbonyl (C=O) groups excluding carboxylic acids is 2. The zero-order valence-electron chi connectivity index (χ0n) is 14.3. The Hall–Kier alpha value is -1.30. The highest BCUT2D eigenvalue weighted by molar-refractivity contribution is 6.31. The summed E-state index contributed by atoms with van der Waals surface area (Å²) in [6, 6.07) is 6.73. The van der Waals surface area contributed by atoms with Crippen molar-refractivity contribution >= 4 is 41.5 Å². The lowest BCUT2D eigenvalue weighted by atomic mass is 9.74. The van der Waals surface area contributed by atoms with Crippen molar-refractivity contribution in [2.24, 2.45) is 11.7 Å². The normalized spacial score (nSPS) is 29.2. The highest BCUT2D eigenvalue weighted by Gasteiger charge is 2.41. The van der Waals surface area contributed by atoms with E-state index in [9.17, 15) is 9.59 Å². The van der Waals surface area contributed by atoms with Crippen LogP contribution in [0.25, 0.3) is 0 Å². The molecule has 0 radical (unpaired) electrons. The Kier molecular flexibility index (Phi) is 6.35. The first-order valence-corrected chi connectivity index (χ1v) is 8.92. The lowest BCUT2D eigenvalue weighted by Gasteiger charge is -2.37. The van der Waals surface area contributed by atoms with Gasteiger partial charge < -0.3 is 16.0 Å². The van der Waals surface area contributed by atoms with Gasteiger partial charge in [-0.15, -0.1) is 12.4 Å². The Labute approximate surface area is 159 Å². The minimum Gasteiger partial charge on any atom is -0.344 e. The van der Waals surface area contributed by atoms with E-state index in [1.165, 1.54) is 0 Å². The van der Waals surface area contributed by atoms with Crippen LogP contribution < -0.4 is 16.0 Å². The number of nitrogens with two attached hydrogens (primary N) is 1. The zero-order chi connectivity index (χ0) is 17.3. The van der Waals surface area contributed by atoms with E-state index < -0.39 is 11.6 Å². The van der Waals surface area contributed by atoms with Crippen LogP contribution in [-0.4, -0.2) is 29.9 Å². The first-order valence-electron chi connectivity index (χ1n) is 8.55. The SMILES string of the molecule is CC1(N)CCCCC1C(=O)NC1CCN(c2cccc(Cl)c2)C1=O.Cl.